The molecule has 0 radical (unpaired) electrons. The van der Waals surface area contributed by atoms with Crippen LogP contribution >= 0.6 is 0 Å². The summed E-state index contributed by atoms with van der Waals surface area (Å²) in [7, 11) is 0. The lowest BCUT2D eigenvalue weighted by molar-refractivity contribution is 0.309. The lowest BCUT2D eigenvalue weighted by Crippen LogP contribution is -2.04. The highest BCUT2D eigenvalue weighted by Gasteiger charge is 2.11. The van der Waals surface area contributed by atoms with E-state index in [1.54, 1.807) is 12.1 Å². The summed E-state index contributed by atoms with van der Waals surface area (Å²) in [6, 6.07) is 26.4. The molecule has 0 saturated carbocycles. The van der Waals surface area contributed by atoms with E-state index < -0.39 is 0 Å². The van der Waals surface area contributed by atoms with Crippen molar-refractivity contribution in [2.45, 2.75) is 6.61 Å². The molecule has 0 saturated heterocycles. The first kappa shape index (κ1) is 15.2. The van der Waals surface area contributed by atoms with Crippen LogP contribution < -0.4 is 10.2 Å². The zero-order valence-electron chi connectivity index (χ0n) is 13.5. The van der Waals surface area contributed by atoms with Gasteiger partial charge < -0.3 is 9.15 Å². The van der Waals surface area contributed by atoms with Gasteiger partial charge in [-0.05, 0) is 17.7 Å². The van der Waals surface area contributed by atoms with Gasteiger partial charge in [-0.15, -0.1) is 0 Å². The minimum absolute atomic E-state index is 0.108. The van der Waals surface area contributed by atoms with Crippen LogP contribution in [0, 0.1) is 0 Å². The van der Waals surface area contributed by atoms with Crippen LogP contribution in [-0.4, -0.2) is 0 Å². The second-order valence-electron chi connectivity index (χ2n) is 5.74. The zero-order chi connectivity index (χ0) is 17.1. The van der Waals surface area contributed by atoms with Crippen molar-refractivity contribution >= 4 is 11.0 Å². The van der Waals surface area contributed by atoms with Crippen molar-refractivity contribution in [1.29, 1.82) is 0 Å². The first-order chi connectivity index (χ1) is 12.3. The Kier molecular flexibility index (Phi) is 4.05. The van der Waals surface area contributed by atoms with Gasteiger partial charge in [0.2, 0.25) is 0 Å². The van der Waals surface area contributed by atoms with Gasteiger partial charge in [-0.2, -0.15) is 0 Å². The number of ether oxygens (including phenoxy) is 1. The summed E-state index contributed by atoms with van der Waals surface area (Å²) < 4.78 is 11.8. The molecular weight excluding hydrogens is 312 g/mol. The average molecular weight is 328 g/mol. The van der Waals surface area contributed by atoms with Crippen molar-refractivity contribution in [3.8, 4) is 17.1 Å². The second-order valence-corrected chi connectivity index (χ2v) is 5.74. The Morgan fingerprint density at radius 2 is 1.52 bits per heavy atom. The van der Waals surface area contributed by atoms with Crippen molar-refractivity contribution < 1.29 is 9.15 Å². The van der Waals surface area contributed by atoms with E-state index in [9.17, 15) is 4.79 Å². The Labute approximate surface area is 145 Å². The van der Waals surface area contributed by atoms with Gasteiger partial charge in [0.25, 0.3) is 0 Å². The lowest BCUT2D eigenvalue weighted by atomic mass is 10.1. The standard InChI is InChI=1S/C22H16O3/c23-18-14-21(17-10-5-2-6-11-17)25-20-13-7-12-19(22(18)20)24-15-16-8-3-1-4-9-16/h1-14H,15H2. The van der Waals surface area contributed by atoms with Crippen molar-refractivity contribution in [3.63, 3.8) is 0 Å². The Bertz CT molecular complexity index is 1050. The summed E-state index contributed by atoms with van der Waals surface area (Å²) in [5, 5.41) is 0.470. The van der Waals surface area contributed by atoms with Crippen LogP contribution in [0.4, 0.5) is 0 Å². The highest BCUT2D eigenvalue weighted by molar-refractivity contribution is 5.84. The van der Waals surface area contributed by atoms with Crippen LogP contribution in [0.15, 0.2) is 94.1 Å². The fraction of sp³-hybridized carbons (Fsp3) is 0.0455. The maximum absolute atomic E-state index is 12.7. The Morgan fingerprint density at radius 1 is 0.800 bits per heavy atom. The van der Waals surface area contributed by atoms with Gasteiger partial charge in [0, 0.05) is 11.6 Å². The SMILES string of the molecule is O=c1cc(-c2ccccc2)oc2cccc(OCc3ccccc3)c12. The van der Waals surface area contributed by atoms with Crippen molar-refractivity contribution in [2.24, 2.45) is 0 Å². The molecule has 0 atom stereocenters. The molecule has 0 fully saturated rings. The van der Waals surface area contributed by atoms with E-state index in [-0.39, 0.29) is 5.43 Å². The first-order valence-corrected chi connectivity index (χ1v) is 8.10. The molecule has 3 aromatic carbocycles. The molecule has 0 unspecified atom stereocenters. The van der Waals surface area contributed by atoms with Crippen LogP contribution in [0.3, 0.4) is 0 Å². The average Bonchev–Trinajstić information content (AvgIpc) is 2.67. The van der Waals surface area contributed by atoms with E-state index in [0.717, 1.165) is 11.1 Å². The van der Waals surface area contributed by atoms with Crippen LogP contribution in [-0.2, 0) is 6.61 Å². The summed E-state index contributed by atoms with van der Waals surface area (Å²) in [6.07, 6.45) is 0. The normalized spacial score (nSPS) is 10.7. The summed E-state index contributed by atoms with van der Waals surface area (Å²) >= 11 is 0. The highest BCUT2D eigenvalue weighted by atomic mass is 16.5. The summed E-state index contributed by atoms with van der Waals surface area (Å²) in [6.45, 7) is 0.403. The van der Waals surface area contributed by atoms with Crippen molar-refractivity contribution in [3.05, 3.63) is 101 Å². The predicted molar refractivity (Wildman–Crippen MR) is 98.7 cm³/mol. The molecule has 0 aliphatic rings. The van der Waals surface area contributed by atoms with Gasteiger partial charge >= 0.3 is 0 Å². The van der Waals surface area contributed by atoms with Crippen LogP contribution in [0.25, 0.3) is 22.3 Å². The van der Waals surface area contributed by atoms with Gasteiger partial charge in [0.1, 0.15) is 29.1 Å². The molecule has 0 aliphatic heterocycles. The minimum Gasteiger partial charge on any atom is -0.488 e. The van der Waals surface area contributed by atoms with E-state index in [2.05, 4.69) is 0 Å². The number of fused-ring (bicyclic) bond motifs is 1. The van der Waals surface area contributed by atoms with E-state index >= 15 is 0 Å². The third-order valence-corrected chi connectivity index (χ3v) is 4.01. The molecule has 122 valence electrons. The summed E-state index contributed by atoms with van der Waals surface area (Å²) in [5.41, 5.74) is 2.34. The maximum Gasteiger partial charge on any atom is 0.197 e. The highest BCUT2D eigenvalue weighted by Crippen LogP contribution is 2.27. The second kappa shape index (κ2) is 6.65. The molecule has 1 aromatic heterocycles. The Morgan fingerprint density at radius 3 is 2.28 bits per heavy atom. The molecule has 0 bridgehead atoms. The fourth-order valence-corrected chi connectivity index (χ4v) is 2.78. The summed E-state index contributed by atoms with van der Waals surface area (Å²) in [5.74, 6) is 1.09. The molecule has 4 rings (SSSR count). The van der Waals surface area contributed by atoms with Crippen molar-refractivity contribution in [1.82, 2.24) is 0 Å². The molecule has 0 spiro atoms. The van der Waals surface area contributed by atoms with Crippen LogP contribution in [0.2, 0.25) is 0 Å². The number of rotatable bonds is 4. The number of hydrogen-bond acceptors (Lipinski definition) is 3. The maximum atomic E-state index is 12.7. The van der Waals surface area contributed by atoms with E-state index in [1.807, 2.05) is 66.7 Å². The predicted octanol–water partition coefficient (Wildman–Crippen LogP) is 5.04. The van der Waals surface area contributed by atoms with Crippen molar-refractivity contribution in [2.75, 3.05) is 0 Å². The van der Waals surface area contributed by atoms with E-state index in [4.69, 9.17) is 9.15 Å². The quantitative estimate of drug-likeness (QED) is 0.527. The van der Waals surface area contributed by atoms with Crippen LogP contribution in [0.5, 0.6) is 5.75 Å². The fourth-order valence-electron chi connectivity index (χ4n) is 2.78. The lowest BCUT2D eigenvalue weighted by Gasteiger charge is -2.09. The molecule has 1 heterocycles. The molecule has 0 N–H and O–H groups in total. The topological polar surface area (TPSA) is 39.4 Å². The van der Waals surface area contributed by atoms with E-state index in [0.29, 0.717) is 29.1 Å². The van der Waals surface area contributed by atoms with Crippen LogP contribution in [0.1, 0.15) is 5.56 Å². The molecule has 0 aliphatic carbocycles. The number of hydrogen-bond donors (Lipinski definition) is 0. The number of benzene rings is 3. The molecule has 25 heavy (non-hydrogen) atoms. The minimum atomic E-state index is -0.108. The van der Waals surface area contributed by atoms with E-state index in [1.165, 1.54) is 6.07 Å². The molecule has 3 nitrogen and oxygen atoms in total. The van der Waals surface area contributed by atoms with Gasteiger partial charge in [-0.3, -0.25) is 4.79 Å². The van der Waals surface area contributed by atoms with Gasteiger partial charge in [0.05, 0.1) is 0 Å². The first-order valence-electron chi connectivity index (χ1n) is 8.10. The largest absolute Gasteiger partial charge is 0.488 e. The third kappa shape index (κ3) is 3.17. The molecule has 0 amide bonds. The molecule has 4 aromatic rings. The summed E-state index contributed by atoms with van der Waals surface area (Å²) in [4.78, 5) is 12.7. The molecule has 3 heteroatoms. The monoisotopic (exact) mass is 328 g/mol. The van der Waals surface area contributed by atoms with Gasteiger partial charge in [-0.1, -0.05) is 66.7 Å². The van der Waals surface area contributed by atoms with Gasteiger partial charge in [0.15, 0.2) is 5.43 Å². The third-order valence-electron chi connectivity index (χ3n) is 4.01. The Hall–Kier alpha value is -3.33. The zero-order valence-corrected chi connectivity index (χ0v) is 13.5. The van der Waals surface area contributed by atoms with Gasteiger partial charge in [-0.25, -0.2) is 0 Å². The Balaban J connectivity index is 1.73. The smallest absolute Gasteiger partial charge is 0.197 e. The molecular formula is C22H16O3.